The normalized spacial score (nSPS) is 12.7. The van der Waals surface area contributed by atoms with Gasteiger partial charge in [0.2, 0.25) is 0 Å². The number of hydrogen-bond donors (Lipinski definition) is 2. The molecule has 110 valence electrons. The molecule has 0 aliphatic rings. The van der Waals surface area contributed by atoms with Crippen LogP contribution in [0.15, 0.2) is 28.2 Å². The van der Waals surface area contributed by atoms with Crippen LogP contribution in [-0.4, -0.2) is 35.9 Å². The van der Waals surface area contributed by atoms with Crippen LogP contribution in [0, 0.1) is 6.92 Å². The van der Waals surface area contributed by atoms with Crippen molar-refractivity contribution in [2.24, 2.45) is 0 Å². The maximum atomic E-state index is 9.75. The number of hydrogen-bond acceptors (Lipinski definition) is 6. The molecule has 20 heavy (non-hydrogen) atoms. The molecule has 2 aromatic heterocycles. The zero-order valence-corrected chi connectivity index (χ0v) is 12.4. The van der Waals surface area contributed by atoms with E-state index in [0.717, 1.165) is 29.4 Å². The lowest BCUT2D eigenvalue weighted by Crippen LogP contribution is -2.31. The lowest BCUT2D eigenvalue weighted by atomic mass is 10.3. The molecule has 5 nitrogen and oxygen atoms in total. The summed E-state index contributed by atoms with van der Waals surface area (Å²) in [7, 11) is 0. The van der Waals surface area contributed by atoms with E-state index in [1.54, 1.807) is 17.6 Å². The summed E-state index contributed by atoms with van der Waals surface area (Å²) in [5.41, 5.74) is 1.10. The van der Waals surface area contributed by atoms with Crippen molar-refractivity contribution in [3.8, 4) is 0 Å². The average Bonchev–Trinajstić information content (AvgIpc) is 3.06. The van der Waals surface area contributed by atoms with Crippen molar-refractivity contribution in [3.05, 3.63) is 40.2 Å². The molecule has 6 heteroatoms. The Bertz CT molecular complexity index is 484. The molecule has 2 heterocycles. The molecule has 0 saturated heterocycles. The SMILES string of the molecule is Cc1nc(CCNCC(O)COCc2ccco2)cs1. The average molecular weight is 296 g/mol. The predicted octanol–water partition coefficient (Wildman–Crippen LogP) is 1.75. The highest BCUT2D eigenvalue weighted by Gasteiger charge is 2.05. The van der Waals surface area contributed by atoms with Gasteiger partial charge in [0.15, 0.2) is 0 Å². The summed E-state index contributed by atoms with van der Waals surface area (Å²) in [5.74, 6) is 0.768. The van der Waals surface area contributed by atoms with Crippen LogP contribution < -0.4 is 5.32 Å². The Morgan fingerprint density at radius 3 is 3.15 bits per heavy atom. The predicted molar refractivity (Wildman–Crippen MR) is 77.8 cm³/mol. The van der Waals surface area contributed by atoms with E-state index < -0.39 is 6.10 Å². The quantitative estimate of drug-likeness (QED) is 0.690. The monoisotopic (exact) mass is 296 g/mol. The zero-order chi connectivity index (χ0) is 14.2. The summed E-state index contributed by atoms with van der Waals surface area (Å²) in [5, 5.41) is 16.1. The van der Waals surface area contributed by atoms with E-state index in [1.165, 1.54) is 0 Å². The van der Waals surface area contributed by atoms with Gasteiger partial charge in [-0.15, -0.1) is 11.3 Å². The van der Waals surface area contributed by atoms with Gasteiger partial charge in [0.1, 0.15) is 12.4 Å². The van der Waals surface area contributed by atoms with E-state index >= 15 is 0 Å². The lowest BCUT2D eigenvalue weighted by Gasteiger charge is -2.11. The number of aryl methyl sites for hydroxylation is 1. The molecular formula is C14H20N2O3S. The highest BCUT2D eigenvalue weighted by atomic mass is 32.1. The molecule has 0 saturated carbocycles. The Balaban J connectivity index is 1.50. The van der Waals surface area contributed by atoms with E-state index in [4.69, 9.17) is 9.15 Å². The molecule has 0 aliphatic heterocycles. The van der Waals surface area contributed by atoms with Crippen molar-refractivity contribution in [2.75, 3.05) is 19.7 Å². The number of aliphatic hydroxyl groups excluding tert-OH is 1. The van der Waals surface area contributed by atoms with Gasteiger partial charge in [-0.25, -0.2) is 4.98 Å². The van der Waals surface area contributed by atoms with Crippen LogP contribution in [0.4, 0.5) is 0 Å². The summed E-state index contributed by atoms with van der Waals surface area (Å²) < 4.78 is 10.5. The largest absolute Gasteiger partial charge is 0.467 e. The topological polar surface area (TPSA) is 67.5 Å². The van der Waals surface area contributed by atoms with Gasteiger partial charge >= 0.3 is 0 Å². The Morgan fingerprint density at radius 2 is 2.45 bits per heavy atom. The fraction of sp³-hybridized carbons (Fsp3) is 0.500. The molecule has 0 bridgehead atoms. The molecule has 1 unspecified atom stereocenters. The number of nitrogens with one attached hydrogen (secondary N) is 1. The van der Waals surface area contributed by atoms with Crippen molar-refractivity contribution >= 4 is 11.3 Å². The highest BCUT2D eigenvalue weighted by Crippen LogP contribution is 2.07. The van der Waals surface area contributed by atoms with Gasteiger partial charge in [0, 0.05) is 24.9 Å². The lowest BCUT2D eigenvalue weighted by molar-refractivity contribution is 0.0228. The second-order valence-electron chi connectivity index (χ2n) is 4.56. The van der Waals surface area contributed by atoms with Gasteiger partial charge in [0.25, 0.3) is 0 Å². The first-order chi connectivity index (χ1) is 9.74. The van der Waals surface area contributed by atoms with Crippen LogP contribution in [0.2, 0.25) is 0 Å². The number of nitrogens with zero attached hydrogens (tertiary/aromatic N) is 1. The molecule has 0 amide bonds. The van der Waals surface area contributed by atoms with Crippen LogP contribution in [0.1, 0.15) is 16.5 Å². The highest BCUT2D eigenvalue weighted by molar-refractivity contribution is 7.09. The number of ether oxygens (including phenoxy) is 1. The number of aliphatic hydroxyl groups is 1. The number of aromatic nitrogens is 1. The third-order valence-corrected chi connectivity index (χ3v) is 3.56. The summed E-state index contributed by atoms with van der Waals surface area (Å²) in [4.78, 5) is 4.39. The number of thiazole rings is 1. The van der Waals surface area contributed by atoms with Crippen LogP contribution in [0.25, 0.3) is 0 Å². The fourth-order valence-electron chi connectivity index (χ4n) is 1.76. The third-order valence-electron chi connectivity index (χ3n) is 2.74. The standard InChI is InChI=1S/C14H20N2O3S/c1-11-16-12(10-20-11)4-5-15-7-13(17)8-18-9-14-3-2-6-19-14/h2-3,6,10,13,15,17H,4-5,7-9H2,1H3. The van der Waals surface area contributed by atoms with Crippen LogP contribution in [-0.2, 0) is 17.8 Å². The summed E-state index contributed by atoms with van der Waals surface area (Å²) in [6, 6.07) is 3.66. The van der Waals surface area contributed by atoms with Crippen LogP contribution in [0.3, 0.4) is 0 Å². The van der Waals surface area contributed by atoms with Gasteiger partial charge in [0.05, 0.1) is 29.7 Å². The Hall–Kier alpha value is -1.21. The van der Waals surface area contributed by atoms with Gasteiger partial charge in [-0.3, -0.25) is 0 Å². The molecule has 1 atom stereocenters. The minimum Gasteiger partial charge on any atom is -0.467 e. The molecular weight excluding hydrogens is 276 g/mol. The first-order valence-electron chi connectivity index (χ1n) is 6.64. The first kappa shape index (κ1) is 15.2. The maximum Gasteiger partial charge on any atom is 0.129 e. The second-order valence-corrected chi connectivity index (χ2v) is 5.62. The molecule has 0 fully saturated rings. The summed E-state index contributed by atoms with van der Waals surface area (Å²) in [6.07, 6.45) is 1.98. The van der Waals surface area contributed by atoms with E-state index in [2.05, 4.69) is 15.7 Å². The van der Waals surface area contributed by atoms with Crippen molar-refractivity contribution in [1.29, 1.82) is 0 Å². The number of furan rings is 1. The Morgan fingerprint density at radius 1 is 1.55 bits per heavy atom. The van der Waals surface area contributed by atoms with Gasteiger partial charge in [-0.1, -0.05) is 0 Å². The van der Waals surface area contributed by atoms with E-state index in [-0.39, 0.29) is 0 Å². The smallest absolute Gasteiger partial charge is 0.129 e. The zero-order valence-electron chi connectivity index (χ0n) is 11.5. The van der Waals surface area contributed by atoms with E-state index in [1.807, 2.05) is 19.1 Å². The molecule has 2 rings (SSSR count). The minimum absolute atomic E-state index is 0.295. The van der Waals surface area contributed by atoms with Crippen molar-refractivity contribution in [1.82, 2.24) is 10.3 Å². The Labute approximate surface area is 122 Å². The van der Waals surface area contributed by atoms with Gasteiger partial charge in [-0.05, 0) is 19.1 Å². The number of rotatable bonds is 9. The Kier molecular flexibility index (Phi) is 6.20. The molecule has 2 N–H and O–H groups in total. The summed E-state index contributed by atoms with van der Waals surface area (Å²) in [6.45, 7) is 4.01. The third kappa shape index (κ3) is 5.42. The summed E-state index contributed by atoms with van der Waals surface area (Å²) >= 11 is 1.66. The molecule has 0 spiro atoms. The second kappa shape index (κ2) is 8.16. The van der Waals surface area contributed by atoms with Crippen molar-refractivity contribution < 1.29 is 14.3 Å². The maximum absolute atomic E-state index is 9.75. The van der Waals surface area contributed by atoms with Crippen LogP contribution >= 0.6 is 11.3 Å². The van der Waals surface area contributed by atoms with E-state index in [0.29, 0.717) is 19.8 Å². The van der Waals surface area contributed by atoms with Crippen molar-refractivity contribution in [3.63, 3.8) is 0 Å². The molecule has 2 aromatic rings. The minimum atomic E-state index is -0.512. The first-order valence-corrected chi connectivity index (χ1v) is 7.52. The van der Waals surface area contributed by atoms with Crippen molar-refractivity contribution in [2.45, 2.75) is 26.1 Å². The molecule has 0 aromatic carbocycles. The van der Waals surface area contributed by atoms with Crippen LogP contribution in [0.5, 0.6) is 0 Å². The van der Waals surface area contributed by atoms with Gasteiger partial charge in [-0.2, -0.15) is 0 Å². The molecule has 0 aliphatic carbocycles. The van der Waals surface area contributed by atoms with Gasteiger partial charge < -0.3 is 19.6 Å². The fourth-order valence-corrected chi connectivity index (χ4v) is 2.40. The molecule has 0 radical (unpaired) electrons. The van der Waals surface area contributed by atoms with E-state index in [9.17, 15) is 5.11 Å².